The molecule has 0 heterocycles. The maximum atomic E-state index is 12.8. The van der Waals surface area contributed by atoms with Gasteiger partial charge in [0.2, 0.25) is 0 Å². The third-order valence-corrected chi connectivity index (χ3v) is 11.9. The van der Waals surface area contributed by atoms with Crippen molar-refractivity contribution in [3.63, 3.8) is 0 Å². The SMILES string of the molecule is CCCCCCCCC/C=C\C=C/CCCCCC(=O)OC(COC(=O)CCCCCCCCC/C=C\CCCCCCCCCC)COC(=O)CCCCCCCCCCC. The summed E-state index contributed by atoms with van der Waals surface area (Å²) in [5.41, 5.74) is 0. The van der Waals surface area contributed by atoms with Crippen molar-refractivity contribution in [3.05, 3.63) is 36.5 Å². The number of esters is 3. The van der Waals surface area contributed by atoms with E-state index in [9.17, 15) is 14.4 Å². The lowest BCUT2D eigenvalue weighted by Crippen LogP contribution is -2.30. The van der Waals surface area contributed by atoms with Gasteiger partial charge in [-0.1, -0.05) is 231 Å². The minimum atomic E-state index is -0.783. The number of carbonyl (C=O) groups is 3. The van der Waals surface area contributed by atoms with Crippen LogP contribution in [0, 0.1) is 0 Å². The van der Waals surface area contributed by atoms with Crippen LogP contribution in [0.3, 0.4) is 0 Å². The minimum absolute atomic E-state index is 0.0817. The molecule has 1 unspecified atom stereocenters. The second kappa shape index (κ2) is 51.3. The molecule has 0 rings (SSSR count). The molecule has 0 aliphatic carbocycles. The molecule has 6 heteroatoms. The third-order valence-electron chi connectivity index (χ3n) is 11.9. The Bertz CT molecular complexity index is 1050. The zero-order valence-electron chi connectivity index (χ0n) is 41.4. The summed E-state index contributed by atoms with van der Waals surface area (Å²) in [6.07, 6.45) is 60.0. The minimum Gasteiger partial charge on any atom is -0.462 e. The third kappa shape index (κ3) is 48.7. The van der Waals surface area contributed by atoms with Crippen LogP contribution < -0.4 is 0 Å². The van der Waals surface area contributed by atoms with Crippen LogP contribution in [-0.2, 0) is 28.6 Å². The Morgan fingerprint density at radius 1 is 0.323 bits per heavy atom. The lowest BCUT2D eigenvalue weighted by atomic mass is 10.1. The van der Waals surface area contributed by atoms with Crippen LogP contribution in [0.5, 0.6) is 0 Å². The average molecular weight is 871 g/mol. The first-order valence-electron chi connectivity index (χ1n) is 27.0. The Hall–Kier alpha value is -2.37. The number of hydrogen-bond donors (Lipinski definition) is 0. The highest BCUT2D eigenvalue weighted by atomic mass is 16.6. The number of allylic oxidation sites excluding steroid dienone is 6. The van der Waals surface area contributed by atoms with E-state index >= 15 is 0 Å². The molecule has 0 fully saturated rings. The van der Waals surface area contributed by atoms with Crippen molar-refractivity contribution in [2.45, 2.75) is 290 Å². The molecular weight excluding hydrogens is 769 g/mol. The zero-order valence-corrected chi connectivity index (χ0v) is 41.4. The molecule has 0 radical (unpaired) electrons. The maximum absolute atomic E-state index is 12.8. The van der Waals surface area contributed by atoms with Gasteiger partial charge in [-0.3, -0.25) is 14.4 Å². The van der Waals surface area contributed by atoms with Gasteiger partial charge < -0.3 is 14.2 Å². The van der Waals surface area contributed by atoms with Gasteiger partial charge in [0.25, 0.3) is 0 Å². The Morgan fingerprint density at radius 2 is 0.581 bits per heavy atom. The number of carbonyl (C=O) groups excluding carboxylic acids is 3. The topological polar surface area (TPSA) is 78.9 Å². The van der Waals surface area contributed by atoms with Crippen LogP contribution in [0.1, 0.15) is 284 Å². The molecule has 0 aliphatic rings. The highest BCUT2D eigenvalue weighted by Crippen LogP contribution is 2.15. The largest absolute Gasteiger partial charge is 0.462 e. The predicted molar refractivity (Wildman–Crippen MR) is 266 cm³/mol. The smallest absolute Gasteiger partial charge is 0.306 e. The van der Waals surface area contributed by atoms with Crippen LogP contribution in [-0.4, -0.2) is 37.2 Å². The summed E-state index contributed by atoms with van der Waals surface area (Å²) in [5.74, 6) is -0.905. The van der Waals surface area contributed by atoms with E-state index in [4.69, 9.17) is 14.2 Å². The fraction of sp³-hybridized carbons (Fsp3) is 0.839. The summed E-state index contributed by atoms with van der Waals surface area (Å²) in [5, 5.41) is 0. The Kier molecular flexibility index (Phi) is 49.3. The molecule has 0 aromatic heterocycles. The van der Waals surface area contributed by atoms with Gasteiger partial charge in [0, 0.05) is 19.3 Å². The number of hydrogen-bond acceptors (Lipinski definition) is 6. The summed E-state index contributed by atoms with van der Waals surface area (Å²) in [6, 6.07) is 0. The highest BCUT2D eigenvalue weighted by Gasteiger charge is 2.19. The van der Waals surface area contributed by atoms with Crippen molar-refractivity contribution >= 4 is 17.9 Å². The van der Waals surface area contributed by atoms with Crippen LogP contribution >= 0.6 is 0 Å². The fourth-order valence-electron chi connectivity index (χ4n) is 7.78. The van der Waals surface area contributed by atoms with E-state index in [1.807, 2.05) is 0 Å². The van der Waals surface area contributed by atoms with Gasteiger partial charge in [-0.25, -0.2) is 0 Å². The first-order valence-corrected chi connectivity index (χ1v) is 27.0. The van der Waals surface area contributed by atoms with Crippen molar-refractivity contribution < 1.29 is 28.6 Å². The van der Waals surface area contributed by atoms with Crippen molar-refractivity contribution in [1.29, 1.82) is 0 Å². The summed E-state index contributed by atoms with van der Waals surface area (Å²) < 4.78 is 16.8. The molecule has 1 atom stereocenters. The van der Waals surface area contributed by atoms with Crippen LogP contribution in [0.4, 0.5) is 0 Å². The molecule has 0 aromatic rings. The van der Waals surface area contributed by atoms with E-state index in [1.54, 1.807) is 0 Å². The summed E-state index contributed by atoms with van der Waals surface area (Å²) in [6.45, 7) is 6.61. The maximum Gasteiger partial charge on any atom is 0.306 e. The molecule has 0 amide bonds. The molecule has 0 saturated carbocycles. The molecule has 0 N–H and O–H groups in total. The van der Waals surface area contributed by atoms with Gasteiger partial charge in [0.1, 0.15) is 13.2 Å². The zero-order chi connectivity index (χ0) is 45.1. The first-order chi connectivity index (χ1) is 30.5. The quantitative estimate of drug-likeness (QED) is 0.0199. The Morgan fingerprint density at radius 3 is 0.919 bits per heavy atom. The molecule has 62 heavy (non-hydrogen) atoms. The van der Waals surface area contributed by atoms with Gasteiger partial charge >= 0.3 is 17.9 Å². The molecule has 0 aromatic carbocycles. The second-order valence-electron chi connectivity index (χ2n) is 18.2. The summed E-state index contributed by atoms with van der Waals surface area (Å²) >= 11 is 0. The van der Waals surface area contributed by atoms with Crippen molar-refractivity contribution in [2.75, 3.05) is 13.2 Å². The predicted octanol–water partition coefficient (Wildman–Crippen LogP) is 17.7. The van der Waals surface area contributed by atoms with Crippen LogP contribution in [0.2, 0.25) is 0 Å². The van der Waals surface area contributed by atoms with Gasteiger partial charge in [0.05, 0.1) is 0 Å². The van der Waals surface area contributed by atoms with Crippen molar-refractivity contribution in [3.8, 4) is 0 Å². The molecule has 0 spiro atoms. The van der Waals surface area contributed by atoms with Gasteiger partial charge in [0.15, 0.2) is 6.10 Å². The van der Waals surface area contributed by atoms with Crippen LogP contribution in [0.25, 0.3) is 0 Å². The van der Waals surface area contributed by atoms with E-state index < -0.39 is 6.10 Å². The first kappa shape index (κ1) is 59.6. The summed E-state index contributed by atoms with van der Waals surface area (Å²) in [4.78, 5) is 37.9. The van der Waals surface area contributed by atoms with E-state index in [0.717, 1.165) is 70.6 Å². The standard InChI is InChI=1S/C56H102O6/c1-4-7-10-13-16-19-21-23-25-27-28-29-31-32-34-37-40-43-46-49-55(58)61-52-53(51-60-54(57)48-45-42-39-36-18-15-12-9-6-3)62-56(59)50-47-44-41-38-35-33-30-26-24-22-20-17-14-11-8-5-2/h26-28,30,33,35,53H,4-25,29,31-32,34,36-52H2,1-3H3/b28-27-,30-26-,35-33-. The molecular formula is C56H102O6. The molecule has 0 bridgehead atoms. The van der Waals surface area contributed by atoms with E-state index in [-0.39, 0.29) is 31.1 Å². The molecule has 362 valence electrons. The van der Waals surface area contributed by atoms with Crippen molar-refractivity contribution in [1.82, 2.24) is 0 Å². The van der Waals surface area contributed by atoms with E-state index in [1.165, 1.54) is 173 Å². The van der Waals surface area contributed by atoms with Gasteiger partial charge in [-0.2, -0.15) is 0 Å². The van der Waals surface area contributed by atoms with E-state index in [2.05, 4.69) is 57.2 Å². The average Bonchev–Trinajstić information content (AvgIpc) is 3.27. The lowest BCUT2D eigenvalue weighted by molar-refractivity contribution is -0.167. The van der Waals surface area contributed by atoms with Crippen molar-refractivity contribution in [2.24, 2.45) is 0 Å². The fourth-order valence-corrected chi connectivity index (χ4v) is 7.78. The molecule has 0 aliphatic heterocycles. The van der Waals surface area contributed by atoms with Gasteiger partial charge in [-0.15, -0.1) is 0 Å². The number of ether oxygens (including phenoxy) is 3. The number of rotatable bonds is 49. The Balaban J connectivity index is 4.32. The highest BCUT2D eigenvalue weighted by molar-refractivity contribution is 5.71. The normalized spacial score (nSPS) is 12.2. The van der Waals surface area contributed by atoms with Crippen LogP contribution in [0.15, 0.2) is 36.5 Å². The Labute approximate surface area is 385 Å². The second-order valence-corrected chi connectivity index (χ2v) is 18.2. The monoisotopic (exact) mass is 871 g/mol. The summed E-state index contributed by atoms with van der Waals surface area (Å²) in [7, 11) is 0. The van der Waals surface area contributed by atoms with E-state index in [0.29, 0.717) is 19.3 Å². The van der Waals surface area contributed by atoms with Gasteiger partial charge in [-0.05, 0) is 70.6 Å². The number of unbranched alkanes of at least 4 members (excludes halogenated alkanes) is 33. The molecule has 6 nitrogen and oxygen atoms in total. The molecule has 0 saturated heterocycles. The lowest BCUT2D eigenvalue weighted by Gasteiger charge is -2.18.